The molecular formula is C28H40O. The molecule has 0 N–H and O–H groups in total. The van der Waals surface area contributed by atoms with Crippen LogP contribution in [0.4, 0.5) is 0 Å². The second kappa shape index (κ2) is 17.4. The van der Waals surface area contributed by atoms with Gasteiger partial charge >= 0.3 is 0 Å². The smallest absolute Gasteiger partial charge is 0.185 e. The van der Waals surface area contributed by atoms with Crippen LogP contribution in [0.3, 0.4) is 0 Å². The fourth-order valence-corrected chi connectivity index (χ4v) is 2.03. The number of ketones is 1. The van der Waals surface area contributed by atoms with Gasteiger partial charge in [-0.05, 0) is 48.1 Å². The second-order valence-electron chi connectivity index (χ2n) is 6.33. The molecule has 29 heavy (non-hydrogen) atoms. The first kappa shape index (κ1) is 28.5. The van der Waals surface area contributed by atoms with E-state index in [1.165, 1.54) is 28.8 Å². The lowest BCUT2D eigenvalue weighted by atomic mass is 10.0. The van der Waals surface area contributed by atoms with Crippen LogP contribution < -0.4 is 0 Å². The third-order valence-corrected chi connectivity index (χ3v) is 4.02. The lowest BCUT2D eigenvalue weighted by Crippen LogP contribution is -1.92. The molecule has 0 spiro atoms. The molecular weight excluding hydrogens is 352 g/mol. The molecule has 0 saturated heterocycles. The van der Waals surface area contributed by atoms with Crippen molar-refractivity contribution in [2.24, 2.45) is 0 Å². The van der Waals surface area contributed by atoms with Gasteiger partial charge in [0.1, 0.15) is 0 Å². The third-order valence-electron chi connectivity index (χ3n) is 4.02. The van der Waals surface area contributed by atoms with Crippen LogP contribution in [0.2, 0.25) is 0 Å². The Labute approximate surface area is 179 Å². The first-order valence-corrected chi connectivity index (χ1v) is 10.5. The molecule has 0 aromatic heterocycles. The first-order chi connectivity index (χ1) is 13.8. The predicted molar refractivity (Wildman–Crippen MR) is 133 cm³/mol. The highest BCUT2D eigenvalue weighted by atomic mass is 16.1. The number of hydrogen-bond acceptors (Lipinski definition) is 1. The average molecular weight is 393 g/mol. The van der Waals surface area contributed by atoms with E-state index in [1.54, 1.807) is 6.08 Å². The van der Waals surface area contributed by atoms with E-state index in [1.807, 2.05) is 39.8 Å². The van der Waals surface area contributed by atoms with Crippen molar-refractivity contribution in [1.29, 1.82) is 0 Å². The molecule has 0 saturated carbocycles. The Balaban J connectivity index is 0. The number of aryl methyl sites for hydroxylation is 2. The first-order valence-electron chi connectivity index (χ1n) is 10.5. The number of carbonyl (C=O) groups is 1. The normalized spacial score (nSPS) is 9.28. The van der Waals surface area contributed by atoms with Crippen LogP contribution in [-0.2, 0) is 4.79 Å². The highest BCUT2D eigenvalue weighted by molar-refractivity contribution is 6.07. The summed E-state index contributed by atoms with van der Waals surface area (Å²) in [5.41, 5.74) is 5.46. The maximum Gasteiger partial charge on any atom is 0.185 e. The number of allylic oxidation sites excluding steroid dienone is 3. The quantitative estimate of drug-likeness (QED) is 0.368. The number of carbonyl (C=O) groups excluding carboxylic acids is 1. The summed E-state index contributed by atoms with van der Waals surface area (Å²) >= 11 is 0. The molecule has 0 aliphatic heterocycles. The summed E-state index contributed by atoms with van der Waals surface area (Å²) in [6.07, 6.45) is 4.78. The summed E-state index contributed by atoms with van der Waals surface area (Å²) in [6, 6.07) is 16.5. The van der Waals surface area contributed by atoms with E-state index in [2.05, 4.69) is 77.3 Å². The van der Waals surface area contributed by atoms with E-state index in [4.69, 9.17) is 0 Å². The van der Waals surface area contributed by atoms with E-state index in [-0.39, 0.29) is 5.78 Å². The summed E-state index contributed by atoms with van der Waals surface area (Å²) in [7, 11) is 0. The van der Waals surface area contributed by atoms with Crippen molar-refractivity contribution in [1.82, 2.24) is 0 Å². The number of hydrogen-bond donors (Lipinski definition) is 0. The van der Waals surface area contributed by atoms with Gasteiger partial charge < -0.3 is 0 Å². The largest absolute Gasteiger partial charge is 0.289 e. The fraction of sp³-hybridized carbons (Fsp3) is 0.321. The molecule has 0 radical (unpaired) electrons. The van der Waals surface area contributed by atoms with Gasteiger partial charge in [0.25, 0.3) is 0 Å². The van der Waals surface area contributed by atoms with Gasteiger partial charge in [-0.15, -0.1) is 0 Å². The Hall–Kier alpha value is -2.67. The van der Waals surface area contributed by atoms with Crippen LogP contribution in [0.5, 0.6) is 0 Å². The van der Waals surface area contributed by atoms with E-state index >= 15 is 0 Å². The van der Waals surface area contributed by atoms with Gasteiger partial charge in [-0.25, -0.2) is 0 Å². The van der Waals surface area contributed by atoms with Crippen LogP contribution in [0.25, 0.3) is 6.08 Å². The average Bonchev–Trinajstić information content (AvgIpc) is 2.77. The fourth-order valence-electron chi connectivity index (χ4n) is 2.03. The van der Waals surface area contributed by atoms with Gasteiger partial charge in [0.15, 0.2) is 5.78 Å². The van der Waals surface area contributed by atoms with E-state index < -0.39 is 0 Å². The molecule has 0 heterocycles. The standard InChI is InChI=1S/C16H18O.C8H10.2C2H6/c1-5-13(4)16(17)11-8-14-6-9-15(10-7-14)12(2)3;1-7-5-3-4-6-8(7)2;2*1-2/h5-12H,1,4H2,2-3H3;3-6H,1-2H3;2*1-2H3/b11-8+;;;. The molecule has 0 amide bonds. The molecule has 0 fully saturated rings. The molecule has 0 bridgehead atoms. The van der Waals surface area contributed by atoms with Crippen LogP contribution in [0, 0.1) is 13.8 Å². The molecule has 1 heteroatoms. The number of benzene rings is 2. The Kier molecular flexibility index (Phi) is 17.2. The molecule has 0 atom stereocenters. The molecule has 0 aliphatic carbocycles. The van der Waals surface area contributed by atoms with Gasteiger partial charge in [0, 0.05) is 5.57 Å². The van der Waals surface area contributed by atoms with Crippen LogP contribution in [0.15, 0.2) is 79.4 Å². The summed E-state index contributed by atoms with van der Waals surface area (Å²) in [5.74, 6) is 0.420. The maximum absolute atomic E-state index is 11.5. The van der Waals surface area contributed by atoms with E-state index in [0.717, 1.165) is 5.56 Å². The Morgan fingerprint density at radius 3 is 1.66 bits per heavy atom. The molecule has 158 valence electrons. The Bertz CT molecular complexity index is 725. The highest BCUT2D eigenvalue weighted by Crippen LogP contribution is 2.15. The van der Waals surface area contributed by atoms with Crippen molar-refractivity contribution < 1.29 is 4.79 Å². The Morgan fingerprint density at radius 2 is 1.31 bits per heavy atom. The van der Waals surface area contributed by atoms with Gasteiger partial charge in [-0.3, -0.25) is 4.79 Å². The molecule has 1 nitrogen and oxygen atoms in total. The van der Waals surface area contributed by atoms with Crippen molar-refractivity contribution in [3.05, 3.63) is 102 Å². The van der Waals surface area contributed by atoms with Crippen molar-refractivity contribution in [2.75, 3.05) is 0 Å². The Morgan fingerprint density at radius 1 is 0.862 bits per heavy atom. The monoisotopic (exact) mass is 392 g/mol. The minimum atomic E-state index is -0.104. The molecule has 2 aromatic carbocycles. The lowest BCUT2D eigenvalue weighted by molar-refractivity contribution is -0.110. The van der Waals surface area contributed by atoms with Crippen molar-refractivity contribution in [2.45, 2.75) is 61.3 Å². The predicted octanol–water partition coefficient (Wildman–Crippen LogP) is 8.49. The zero-order chi connectivity index (χ0) is 22.8. The maximum atomic E-state index is 11.5. The van der Waals surface area contributed by atoms with Crippen molar-refractivity contribution >= 4 is 11.9 Å². The lowest BCUT2D eigenvalue weighted by Gasteiger charge is -2.04. The summed E-state index contributed by atoms with van der Waals surface area (Å²) < 4.78 is 0. The summed E-state index contributed by atoms with van der Waals surface area (Å²) in [6.45, 7) is 23.7. The van der Waals surface area contributed by atoms with Crippen molar-refractivity contribution in [3.63, 3.8) is 0 Å². The summed E-state index contributed by atoms with van der Waals surface area (Å²) in [5, 5.41) is 0. The molecule has 0 aliphatic rings. The SMILES string of the molecule is C=CC(=C)C(=O)/C=C/c1ccc(C(C)C)cc1.CC.CC.Cc1ccccc1C. The van der Waals surface area contributed by atoms with Gasteiger partial charge in [-0.1, -0.05) is 115 Å². The molecule has 2 aromatic rings. The minimum Gasteiger partial charge on any atom is -0.289 e. The van der Waals surface area contributed by atoms with Gasteiger partial charge in [-0.2, -0.15) is 0 Å². The van der Waals surface area contributed by atoms with Crippen LogP contribution in [0.1, 0.15) is 69.7 Å². The van der Waals surface area contributed by atoms with E-state index in [9.17, 15) is 4.79 Å². The minimum absolute atomic E-state index is 0.104. The highest BCUT2D eigenvalue weighted by Gasteiger charge is 1.99. The zero-order valence-corrected chi connectivity index (χ0v) is 19.8. The molecule has 2 rings (SSSR count). The van der Waals surface area contributed by atoms with E-state index in [0.29, 0.717) is 11.5 Å². The van der Waals surface area contributed by atoms with Crippen LogP contribution >= 0.6 is 0 Å². The molecule has 0 unspecified atom stereocenters. The van der Waals surface area contributed by atoms with Crippen molar-refractivity contribution in [3.8, 4) is 0 Å². The van der Waals surface area contributed by atoms with Crippen LogP contribution in [-0.4, -0.2) is 5.78 Å². The zero-order valence-electron chi connectivity index (χ0n) is 19.8. The topological polar surface area (TPSA) is 17.1 Å². The van der Waals surface area contributed by atoms with Gasteiger partial charge in [0.05, 0.1) is 0 Å². The summed E-state index contributed by atoms with van der Waals surface area (Å²) in [4.78, 5) is 11.5. The second-order valence-corrected chi connectivity index (χ2v) is 6.33. The van der Waals surface area contributed by atoms with Gasteiger partial charge in [0.2, 0.25) is 0 Å². The number of rotatable bonds is 5. The third kappa shape index (κ3) is 12.4.